The average Bonchev–Trinajstić information content (AvgIpc) is 2.88. The van der Waals surface area contributed by atoms with Crippen LogP contribution < -0.4 is 10.1 Å². The van der Waals surface area contributed by atoms with Crippen LogP contribution in [-0.2, 0) is 6.42 Å². The van der Waals surface area contributed by atoms with Gasteiger partial charge in [0.15, 0.2) is 0 Å². The van der Waals surface area contributed by atoms with E-state index in [9.17, 15) is 0 Å². The molecule has 1 unspecified atom stereocenters. The molecule has 0 amide bonds. The van der Waals surface area contributed by atoms with Crippen LogP contribution >= 0.6 is 15.9 Å². The smallest absolute Gasteiger partial charge is 0.123 e. The molecule has 2 atom stereocenters. The predicted molar refractivity (Wildman–Crippen MR) is 85.1 cm³/mol. The molecule has 0 spiro atoms. The number of halogens is 1. The summed E-state index contributed by atoms with van der Waals surface area (Å²) in [7, 11) is 0. The molecule has 2 aromatic carbocycles. The minimum absolute atomic E-state index is 0.234. The van der Waals surface area contributed by atoms with Crippen LogP contribution in [0.4, 0.5) is 0 Å². The molecule has 0 saturated heterocycles. The number of para-hydroxylation sites is 1. The second kappa shape index (κ2) is 5.98. The van der Waals surface area contributed by atoms with Crippen LogP contribution in [-0.4, -0.2) is 12.6 Å². The Hall–Kier alpha value is -1.32. The van der Waals surface area contributed by atoms with Gasteiger partial charge in [0, 0.05) is 23.5 Å². The van der Waals surface area contributed by atoms with E-state index in [4.69, 9.17) is 4.74 Å². The maximum Gasteiger partial charge on any atom is 0.123 e. The van der Waals surface area contributed by atoms with Crippen LogP contribution in [0.1, 0.15) is 24.1 Å². The third-order valence-electron chi connectivity index (χ3n) is 3.74. The number of benzene rings is 2. The van der Waals surface area contributed by atoms with E-state index in [2.05, 4.69) is 58.5 Å². The van der Waals surface area contributed by atoms with E-state index in [0.717, 1.165) is 23.2 Å². The molecule has 0 fully saturated rings. The first kappa shape index (κ1) is 13.7. The average molecular weight is 332 g/mol. The van der Waals surface area contributed by atoms with E-state index < -0.39 is 0 Å². The summed E-state index contributed by atoms with van der Waals surface area (Å²) in [5.41, 5.74) is 2.59. The SMILES string of the molecule is C[C@@H](NCC1Cc2ccccc2O1)c1ccccc1Br. The molecule has 1 N–H and O–H groups in total. The molecule has 1 aliphatic heterocycles. The number of rotatable bonds is 4. The van der Waals surface area contributed by atoms with Crippen LogP contribution in [0.3, 0.4) is 0 Å². The Morgan fingerprint density at radius 3 is 2.75 bits per heavy atom. The Balaban J connectivity index is 1.58. The Kier molecular flexibility index (Phi) is 4.08. The first-order valence-corrected chi connectivity index (χ1v) is 7.75. The number of nitrogens with one attached hydrogen (secondary N) is 1. The van der Waals surface area contributed by atoms with E-state index >= 15 is 0 Å². The third kappa shape index (κ3) is 2.89. The van der Waals surface area contributed by atoms with Crippen LogP contribution in [0.15, 0.2) is 53.0 Å². The zero-order valence-electron chi connectivity index (χ0n) is 11.5. The van der Waals surface area contributed by atoms with E-state index in [0.29, 0.717) is 6.04 Å². The van der Waals surface area contributed by atoms with Gasteiger partial charge in [-0.25, -0.2) is 0 Å². The fraction of sp³-hybridized carbons (Fsp3) is 0.294. The van der Waals surface area contributed by atoms with Gasteiger partial charge < -0.3 is 10.1 Å². The molecule has 0 aliphatic carbocycles. The maximum absolute atomic E-state index is 5.95. The molecule has 0 saturated carbocycles. The largest absolute Gasteiger partial charge is 0.488 e. The van der Waals surface area contributed by atoms with Gasteiger partial charge in [0.25, 0.3) is 0 Å². The summed E-state index contributed by atoms with van der Waals surface area (Å²) >= 11 is 3.60. The van der Waals surface area contributed by atoms with Gasteiger partial charge in [-0.1, -0.05) is 52.3 Å². The highest BCUT2D eigenvalue weighted by molar-refractivity contribution is 9.10. The van der Waals surface area contributed by atoms with Gasteiger partial charge >= 0.3 is 0 Å². The van der Waals surface area contributed by atoms with Crippen LogP contribution in [0.2, 0.25) is 0 Å². The second-order valence-electron chi connectivity index (χ2n) is 5.20. The normalized spacial score (nSPS) is 18.4. The second-order valence-corrected chi connectivity index (χ2v) is 6.06. The van der Waals surface area contributed by atoms with Gasteiger partial charge in [0.05, 0.1) is 0 Å². The Morgan fingerprint density at radius 1 is 1.20 bits per heavy atom. The molecule has 3 heteroatoms. The molecule has 1 aliphatic rings. The van der Waals surface area contributed by atoms with E-state index in [1.54, 1.807) is 0 Å². The number of ether oxygens (including phenoxy) is 1. The summed E-state index contributed by atoms with van der Waals surface area (Å²) in [4.78, 5) is 0. The zero-order valence-corrected chi connectivity index (χ0v) is 13.1. The Morgan fingerprint density at radius 2 is 1.95 bits per heavy atom. The first-order chi connectivity index (χ1) is 9.74. The van der Waals surface area contributed by atoms with Gasteiger partial charge in [-0.05, 0) is 30.2 Å². The lowest BCUT2D eigenvalue weighted by Gasteiger charge is -2.18. The number of fused-ring (bicyclic) bond motifs is 1. The van der Waals surface area contributed by atoms with Crippen molar-refractivity contribution in [1.29, 1.82) is 0 Å². The van der Waals surface area contributed by atoms with Crippen molar-refractivity contribution in [3.63, 3.8) is 0 Å². The highest BCUT2D eigenvalue weighted by atomic mass is 79.9. The fourth-order valence-electron chi connectivity index (χ4n) is 2.61. The number of hydrogen-bond acceptors (Lipinski definition) is 2. The van der Waals surface area contributed by atoms with Crippen molar-refractivity contribution in [2.75, 3.05) is 6.54 Å². The first-order valence-electron chi connectivity index (χ1n) is 6.96. The monoisotopic (exact) mass is 331 g/mol. The minimum Gasteiger partial charge on any atom is -0.488 e. The Labute approximate surface area is 128 Å². The summed E-state index contributed by atoms with van der Waals surface area (Å²) in [5, 5.41) is 3.56. The van der Waals surface area contributed by atoms with Crippen molar-refractivity contribution in [3.8, 4) is 5.75 Å². The summed E-state index contributed by atoms with van der Waals surface area (Å²) in [6.45, 7) is 3.04. The highest BCUT2D eigenvalue weighted by Gasteiger charge is 2.22. The van der Waals surface area contributed by atoms with E-state index in [-0.39, 0.29) is 6.10 Å². The molecule has 0 bridgehead atoms. The molecular weight excluding hydrogens is 314 g/mol. The van der Waals surface area contributed by atoms with Crippen LogP contribution in [0.25, 0.3) is 0 Å². The molecule has 3 rings (SSSR count). The zero-order chi connectivity index (χ0) is 13.9. The van der Waals surface area contributed by atoms with Crippen LogP contribution in [0, 0.1) is 0 Å². The minimum atomic E-state index is 0.234. The summed E-state index contributed by atoms with van der Waals surface area (Å²) in [5.74, 6) is 1.04. The molecular formula is C17H18BrNO. The summed E-state index contributed by atoms with van der Waals surface area (Å²) in [6, 6.07) is 16.9. The lowest BCUT2D eigenvalue weighted by molar-refractivity contribution is 0.222. The highest BCUT2D eigenvalue weighted by Crippen LogP contribution is 2.28. The Bertz CT molecular complexity index is 574. The summed E-state index contributed by atoms with van der Waals surface area (Å²) in [6.07, 6.45) is 1.23. The molecule has 1 heterocycles. The van der Waals surface area contributed by atoms with Gasteiger partial charge in [-0.2, -0.15) is 0 Å². The molecule has 0 radical (unpaired) electrons. The van der Waals surface area contributed by atoms with Gasteiger partial charge in [-0.15, -0.1) is 0 Å². The van der Waals surface area contributed by atoms with E-state index in [1.807, 2.05) is 18.2 Å². The molecule has 20 heavy (non-hydrogen) atoms. The summed E-state index contributed by atoms with van der Waals surface area (Å²) < 4.78 is 7.10. The molecule has 104 valence electrons. The van der Waals surface area contributed by atoms with Crippen molar-refractivity contribution in [3.05, 3.63) is 64.1 Å². The molecule has 2 nitrogen and oxygen atoms in total. The van der Waals surface area contributed by atoms with Crippen molar-refractivity contribution < 1.29 is 4.74 Å². The maximum atomic E-state index is 5.95. The topological polar surface area (TPSA) is 21.3 Å². The lowest BCUT2D eigenvalue weighted by Crippen LogP contribution is -2.32. The predicted octanol–water partition coefficient (Wildman–Crippen LogP) is 4.10. The quantitative estimate of drug-likeness (QED) is 0.910. The van der Waals surface area contributed by atoms with Gasteiger partial charge in [0.2, 0.25) is 0 Å². The van der Waals surface area contributed by atoms with Gasteiger partial charge in [-0.3, -0.25) is 0 Å². The third-order valence-corrected chi connectivity index (χ3v) is 4.46. The fourth-order valence-corrected chi connectivity index (χ4v) is 3.24. The standard InChI is InChI=1S/C17H18BrNO/c1-12(15-7-3-4-8-16(15)18)19-11-14-10-13-6-2-5-9-17(13)20-14/h2-9,12,14,19H,10-11H2,1H3/t12-,14?/m1/s1. The lowest BCUT2D eigenvalue weighted by atomic mass is 10.1. The van der Waals surface area contributed by atoms with Crippen molar-refractivity contribution in [2.24, 2.45) is 0 Å². The van der Waals surface area contributed by atoms with Crippen LogP contribution in [0.5, 0.6) is 5.75 Å². The van der Waals surface area contributed by atoms with E-state index in [1.165, 1.54) is 11.1 Å². The number of hydrogen-bond donors (Lipinski definition) is 1. The molecule has 2 aromatic rings. The van der Waals surface area contributed by atoms with Crippen molar-refractivity contribution in [2.45, 2.75) is 25.5 Å². The molecule has 0 aromatic heterocycles. The van der Waals surface area contributed by atoms with Crippen molar-refractivity contribution >= 4 is 15.9 Å². The van der Waals surface area contributed by atoms with Crippen molar-refractivity contribution in [1.82, 2.24) is 5.32 Å². The van der Waals surface area contributed by atoms with Gasteiger partial charge in [0.1, 0.15) is 11.9 Å².